The van der Waals surface area contributed by atoms with Gasteiger partial charge in [0, 0.05) is 12.2 Å². The van der Waals surface area contributed by atoms with Crippen LogP contribution in [0.2, 0.25) is 0 Å². The number of carbonyl (C=O) groups is 1. The van der Waals surface area contributed by atoms with Crippen LogP contribution in [0.3, 0.4) is 0 Å². The van der Waals surface area contributed by atoms with E-state index in [0.717, 1.165) is 23.1 Å². The Hall–Kier alpha value is -2.55. The molecule has 2 aromatic carbocycles. The van der Waals surface area contributed by atoms with Crippen LogP contribution in [-0.4, -0.2) is 15.6 Å². The highest BCUT2D eigenvalue weighted by Crippen LogP contribution is 2.27. The average molecular weight is 279 g/mol. The van der Waals surface area contributed by atoms with E-state index in [4.69, 9.17) is 0 Å². The number of nitrogens with zero attached hydrogens (tertiary/aromatic N) is 1. The summed E-state index contributed by atoms with van der Waals surface area (Å²) in [7, 11) is 0. The summed E-state index contributed by atoms with van der Waals surface area (Å²) in [4.78, 5) is 11.3. The molecule has 3 heteroatoms. The highest BCUT2D eigenvalue weighted by molar-refractivity contribution is 5.90. The third-order valence-electron chi connectivity index (χ3n) is 3.69. The second-order valence-electron chi connectivity index (χ2n) is 5.12. The van der Waals surface area contributed by atoms with Crippen molar-refractivity contribution in [3.05, 3.63) is 60.3 Å². The quantitative estimate of drug-likeness (QED) is 0.768. The summed E-state index contributed by atoms with van der Waals surface area (Å²) in [6.07, 6.45) is 0.898. The van der Waals surface area contributed by atoms with E-state index < -0.39 is 5.97 Å². The second-order valence-corrected chi connectivity index (χ2v) is 5.12. The van der Waals surface area contributed by atoms with Gasteiger partial charge in [-0.15, -0.1) is 0 Å². The molecule has 0 fully saturated rings. The third kappa shape index (κ3) is 2.42. The Morgan fingerprint density at radius 1 is 1.05 bits per heavy atom. The molecule has 0 amide bonds. The molecule has 0 aliphatic carbocycles. The number of benzene rings is 2. The van der Waals surface area contributed by atoms with Gasteiger partial charge in [-0.3, -0.25) is 0 Å². The molecule has 0 unspecified atom stereocenters. The number of carboxylic acid groups (broad SMARTS) is 1. The Kier molecular flexibility index (Phi) is 3.48. The molecule has 0 aliphatic heterocycles. The molecule has 1 N–H and O–H groups in total. The topological polar surface area (TPSA) is 42.2 Å². The summed E-state index contributed by atoms with van der Waals surface area (Å²) in [5, 5.41) is 11.7. The van der Waals surface area contributed by atoms with Gasteiger partial charge in [0.1, 0.15) is 5.69 Å². The maximum atomic E-state index is 11.3. The molecular formula is C18H17NO2. The van der Waals surface area contributed by atoms with E-state index in [9.17, 15) is 9.90 Å². The summed E-state index contributed by atoms with van der Waals surface area (Å²) >= 11 is 0. The molecule has 0 atom stereocenters. The van der Waals surface area contributed by atoms with Crippen molar-refractivity contribution in [2.75, 3.05) is 0 Å². The van der Waals surface area contributed by atoms with Gasteiger partial charge in [0.05, 0.1) is 0 Å². The summed E-state index contributed by atoms with van der Waals surface area (Å²) in [5.41, 5.74) is 2.36. The SMILES string of the molecule is CCCn1c(C(=O)O)ccc1-c1ccc2ccccc2c1. The molecule has 106 valence electrons. The summed E-state index contributed by atoms with van der Waals surface area (Å²) < 4.78 is 1.88. The number of rotatable bonds is 4. The predicted octanol–water partition coefficient (Wildman–Crippen LogP) is 4.42. The monoisotopic (exact) mass is 279 g/mol. The molecule has 3 aromatic rings. The van der Waals surface area contributed by atoms with Crippen molar-refractivity contribution >= 4 is 16.7 Å². The van der Waals surface area contributed by atoms with Crippen LogP contribution in [0.1, 0.15) is 23.8 Å². The van der Waals surface area contributed by atoms with E-state index in [1.54, 1.807) is 6.07 Å². The highest BCUT2D eigenvalue weighted by Gasteiger charge is 2.14. The minimum Gasteiger partial charge on any atom is -0.477 e. The van der Waals surface area contributed by atoms with Crippen molar-refractivity contribution < 1.29 is 9.90 Å². The molecule has 3 nitrogen and oxygen atoms in total. The maximum Gasteiger partial charge on any atom is 0.352 e. The largest absolute Gasteiger partial charge is 0.477 e. The van der Waals surface area contributed by atoms with Gasteiger partial charge in [-0.1, -0.05) is 43.3 Å². The lowest BCUT2D eigenvalue weighted by atomic mass is 10.1. The van der Waals surface area contributed by atoms with Crippen LogP contribution >= 0.6 is 0 Å². The smallest absolute Gasteiger partial charge is 0.352 e. The van der Waals surface area contributed by atoms with E-state index in [0.29, 0.717) is 12.2 Å². The lowest BCUT2D eigenvalue weighted by Crippen LogP contribution is -2.09. The van der Waals surface area contributed by atoms with Crippen LogP contribution in [0.5, 0.6) is 0 Å². The minimum atomic E-state index is -0.879. The van der Waals surface area contributed by atoms with Crippen LogP contribution in [-0.2, 0) is 6.54 Å². The zero-order valence-electron chi connectivity index (χ0n) is 11.9. The molecule has 21 heavy (non-hydrogen) atoms. The first kappa shape index (κ1) is 13.4. The predicted molar refractivity (Wildman–Crippen MR) is 84.6 cm³/mol. The molecule has 3 rings (SSSR count). The highest BCUT2D eigenvalue weighted by atomic mass is 16.4. The summed E-state index contributed by atoms with van der Waals surface area (Å²) in [6, 6.07) is 18.0. The fourth-order valence-electron chi connectivity index (χ4n) is 2.72. The van der Waals surface area contributed by atoms with Crippen LogP contribution in [0.25, 0.3) is 22.0 Å². The van der Waals surface area contributed by atoms with Crippen molar-refractivity contribution in [2.45, 2.75) is 19.9 Å². The van der Waals surface area contributed by atoms with E-state index in [1.165, 1.54) is 5.39 Å². The van der Waals surface area contributed by atoms with Crippen LogP contribution in [0, 0.1) is 0 Å². The van der Waals surface area contributed by atoms with E-state index in [-0.39, 0.29) is 0 Å². The van der Waals surface area contributed by atoms with Crippen molar-refractivity contribution in [2.24, 2.45) is 0 Å². The second kappa shape index (κ2) is 5.44. The van der Waals surface area contributed by atoms with E-state index >= 15 is 0 Å². The lowest BCUT2D eigenvalue weighted by molar-refractivity contribution is 0.0685. The maximum absolute atomic E-state index is 11.3. The first-order valence-electron chi connectivity index (χ1n) is 7.12. The van der Waals surface area contributed by atoms with Gasteiger partial charge in [0.15, 0.2) is 0 Å². The van der Waals surface area contributed by atoms with Crippen LogP contribution in [0.15, 0.2) is 54.6 Å². The zero-order valence-corrected chi connectivity index (χ0v) is 11.9. The number of hydrogen-bond acceptors (Lipinski definition) is 1. The molecule has 0 radical (unpaired) electrons. The first-order valence-corrected chi connectivity index (χ1v) is 7.12. The molecule has 0 bridgehead atoms. The van der Waals surface area contributed by atoms with Gasteiger partial charge >= 0.3 is 5.97 Å². The van der Waals surface area contributed by atoms with Crippen LogP contribution < -0.4 is 0 Å². The molecule has 0 saturated heterocycles. The van der Waals surface area contributed by atoms with Crippen LogP contribution in [0.4, 0.5) is 0 Å². The van der Waals surface area contributed by atoms with Crippen molar-refractivity contribution in [1.82, 2.24) is 4.57 Å². The Labute approximate surface area is 123 Å². The normalized spacial score (nSPS) is 10.9. The zero-order chi connectivity index (χ0) is 14.8. The standard InChI is InChI=1S/C18H17NO2/c1-2-11-19-16(9-10-17(19)18(20)21)15-8-7-13-5-3-4-6-14(13)12-15/h3-10,12H,2,11H2,1H3,(H,20,21). The molecule has 0 aliphatic rings. The molecule has 1 heterocycles. The Morgan fingerprint density at radius 2 is 1.81 bits per heavy atom. The van der Waals surface area contributed by atoms with E-state index in [1.807, 2.05) is 22.8 Å². The molecule has 1 aromatic heterocycles. The van der Waals surface area contributed by atoms with Gasteiger partial charge in [0.2, 0.25) is 0 Å². The lowest BCUT2D eigenvalue weighted by Gasteiger charge is -2.11. The average Bonchev–Trinajstić information content (AvgIpc) is 2.91. The first-order chi connectivity index (χ1) is 10.2. The summed E-state index contributed by atoms with van der Waals surface area (Å²) in [5.74, 6) is -0.879. The van der Waals surface area contributed by atoms with Crippen molar-refractivity contribution in [1.29, 1.82) is 0 Å². The third-order valence-corrected chi connectivity index (χ3v) is 3.69. The number of aromatic nitrogens is 1. The fraction of sp³-hybridized carbons (Fsp3) is 0.167. The number of carboxylic acids is 1. The fourth-order valence-corrected chi connectivity index (χ4v) is 2.72. The van der Waals surface area contributed by atoms with Gasteiger partial charge in [-0.25, -0.2) is 4.79 Å². The van der Waals surface area contributed by atoms with Gasteiger partial charge in [-0.05, 0) is 41.0 Å². The van der Waals surface area contributed by atoms with Gasteiger partial charge in [0.25, 0.3) is 0 Å². The van der Waals surface area contributed by atoms with Gasteiger partial charge < -0.3 is 9.67 Å². The minimum absolute atomic E-state index is 0.347. The molecule has 0 saturated carbocycles. The number of aromatic carboxylic acids is 1. The Morgan fingerprint density at radius 3 is 2.52 bits per heavy atom. The molecule has 0 spiro atoms. The van der Waals surface area contributed by atoms with E-state index in [2.05, 4.69) is 37.3 Å². The molecular weight excluding hydrogens is 262 g/mol. The number of fused-ring (bicyclic) bond motifs is 1. The van der Waals surface area contributed by atoms with Crippen molar-refractivity contribution in [3.63, 3.8) is 0 Å². The summed E-state index contributed by atoms with van der Waals surface area (Å²) in [6.45, 7) is 2.76. The Bertz CT molecular complexity index is 802. The Balaban J connectivity index is 2.15. The van der Waals surface area contributed by atoms with Crippen molar-refractivity contribution in [3.8, 4) is 11.3 Å². The van der Waals surface area contributed by atoms with Gasteiger partial charge in [-0.2, -0.15) is 0 Å². The number of hydrogen-bond donors (Lipinski definition) is 1.